The highest BCUT2D eigenvalue weighted by Crippen LogP contribution is 2.29. The summed E-state index contributed by atoms with van der Waals surface area (Å²) in [5.41, 5.74) is 3.30. The molecule has 29 heavy (non-hydrogen) atoms. The molecule has 0 spiro atoms. The maximum atomic E-state index is 12.7. The number of aryl methyl sites for hydroxylation is 2. The molecule has 0 heterocycles. The van der Waals surface area contributed by atoms with Crippen LogP contribution in [0.1, 0.15) is 43.9 Å². The lowest BCUT2D eigenvalue weighted by molar-refractivity contribution is -0.120. The maximum Gasteiger partial charge on any atom is 0.240 e. The quantitative estimate of drug-likeness (QED) is 0.709. The second-order valence-electron chi connectivity index (χ2n) is 8.43. The molecule has 0 aliphatic carbocycles. The minimum Gasteiger partial charge on any atom is -0.352 e. The average Bonchev–Trinajstić information content (AvgIpc) is 2.60. The summed E-state index contributed by atoms with van der Waals surface area (Å²) in [7, 11) is -3.60. The van der Waals surface area contributed by atoms with Gasteiger partial charge in [0.25, 0.3) is 0 Å². The van der Waals surface area contributed by atoms with Gasteiger partial charge in [0.1, 0.15) is 6.54 Å². The van der Waals surface area contributed by atoms with Gasteiger partial charge in [-0.15, -0.1) is 0 Å². The summed E-state index contributed by atoms with van der Waals surface area (Å²) in [5, 5.41) is 2.97. The second kappa shape index (κ2) is 8.99. The summed E-state index contributed by atoms with van der Waals surface area (Å²) >= 11 is 0. The van der Waals surface area contributed by atoms with Gasteiger partial charge in [-0.2, -0.15) is 0 Å². The molecule has 0 saturated carbocycles. The van der Waals surface area contributed by atoms with Gasteiger partial charge in [-0.3, -0.25) is 9.10 Å². The van der Waals surface area contributed by atoms with Crippen LogP contribution in [0.15, 0.2) is 48.5 Å². The summed E-state index contributed by atoms with van der Waals surface area (Å²) in [6.45, 7) is 9.70. The van der Waals surface area contributed by atoms with Crippen molar-refractivity contribution in [3.05, 3.63) is 65.2 Å². The number of rotatable bonds is 8. The monoisotopic (exact) mass is 416 g/mol. The van der Waals surface area contributed by atoms with Crippen molar-refractivity contribution in [1.82, 2.24) is 5.32 Å². The first-order valence-electron chi connectivity index (χ1n) is 9.80. The number of para-hydroxylation sites is 1. The first-order valence-corrected chi connectivity index (χ1v) is 11.7. The molecular formula is C23H32N2O3S. The molecule has 1 atom stereocenters. The lowest BCUT2D eigenvalue weighted by atomic mass is 9.79. The minimum atomic E-state index is -3.60. The van der Waals surface area contributed by atoms with Gasteiger partial charge in [-0.25, -0.2) is 8.42 Å². The number of carbonyl (C=O) groups excluding carboxylic acids is 1. The predicted octanol–water partition coefficient (Wildman–Crippen LogP) is 3.94. The largest absolute Gasteiger partial charge is 0.352 e. The van der Waals surface area contributed by atoms with Gasteiger partial charge in [0.15, 0.2) is 0 Å². The van der Waals surface area contributed by atoms with Crippen LogP contribution < -0.4 is 9.62 Å². The molecule has 158 valence electrons. The zero-order valence-corrected chi connectivity index (χ0v) is 19.0. The number of nitrogens with zero attached hydrogens (tertiary/aromatic N) is 1. The molecule has 0 radical (unpaired) electrons. The smallest absolute Gasteiger partial charge is 0.240 e. The molecule has 2 aromatic rings. The molecule has 2 aromatic carbocycles. The van der Waals surface area contributed by atoms with Gasteiger partial charge in [-0.05, 0) is 49.3 Å². The Labute approximate surface area is 175 Å². The van der Waals surface area contributed by atoms with Crippen LogP contribution in [-0.2, 0) is 20.2 Å². The molecule has 1 N–H and O–H groups in total. The van der Waals surface area contributed by atoms with Gasteiger partial charge in [-0.1, -0.05) is 62.4 Å². The lowest BCUT2D eigenvalue weighted by Crippen LogP contribution is -2.45. The summed E-state index contributed by atoms with van der Waals surface area (Å²) in [5.74, 6) is -0.311. The Hall–Kier alpha value is -2.34. The average molecular weight is 417 g/mol. The van der Waals surface area contributed by atoms with Crippen molar-refractivity contribution < 1.29 is 13.2 Å². The maximum absolute atomic E-state index is 12.7. The third-order valence-corrected chi connectivity index (χ3v) is 6.27. The van der Waals surface area contributed by atoms with Crippen LogP contribution in [0.2, 0.25) is 0 Å². The van der Waals surface area contributed by atoms with Crippen LogP contribution in [0.3, 0.4) is 0 Å². The molecule has 1 unspecified atom stereocenters. The number of amides is 1. The highest BCUT2D eigenvalue weighted by Gasteiger charge is 2.27. The van der Waals surface area contributed by atoms with E-state index in [0.717, 1.165) is 23.8 Å². The minimum absolute atomic E-state index is 0.0999. The molecule has 1 amide bonds. The van der Waals surface area contributed by atoms with Gasteiger partial charge in [0, 0.05) is 6.04 Å². The standard InChI is InChI=1S/C23H32N2O3S/c1-17-11-10-12-18(2)22(17)25(29(6,27)28)16-21(26)24-19(3)15-23(4,5)20-13-8-7-9-14-20/h7-14,19H,15-16H2,1-6H3,(H,24,26). The number of anilines is 1. The highest BCUT2D eigenvalue weighted by molar-refractivity contribution is 7.92. The van der Waals surface area contributed by atoms with Crippen LogP contribution in [-0.4, -0.2) is 33.2 Å². The van der Waals surface area contributed by atoms with E-state index in [-0.39, 0.29) is 23.9 Å². The Bertz CT molecular complexity index is 933. The topological polar surface area (TPSA) is 66.5 Å². The Morgan fingerprint density at radius 3 is 2.10 bits per heavy atom. The molecule has 5 nitrogen and oxygen atoms in total. The molecular weight excluding hydrogens is 384 g/mol. The van der Waals surface area contributed by atoms with Crippen LogP contribution in [0, 0.1) is 13.8 Å². The molecule has 2 rings (SSSR count). The number of benzene rings is 2. The van der Waals surface area contributed by atoms with Gasteiger partial charge >= 0.3 is 0 Å². The van der Waals surface area contributed by atoms with Crippen LogP contribution in [0.5, 0.6) is 0 Å². The molecule has 0 fully saturated rings. The van der Waals surface area contributed by atoms with Crippen molar-refractivity contribution in [2.24, 2.45) is 0 Å². The third-order valence-electron chi connectivity index (χ3n) is 5.16. The van der Waals surface area contributed by atoms with Gasteiger partial charge < -0.3 is 5.32 Å². The van der Waals surface area contributed by atoms with E-state index in [1.165, 1.54) is 9.87 Å². The number of sulfonamides is 1. The predicted molar refractivity (Wildman–Crippen MR) is 120 cm³/mol. The zero-order chi connectivity index (χ0) is 21.8. The Kier molecular flexibility index (Phi) is 7.11. The van der Waals surface area contributed by atoms with E-state index in [1.54, 1.807) is 0 Å². The van der Waals surface area contributed by atoms with Crippen molar-refractivity contribution in [1.29, 1.82) is 0 Å². The summed E-state index contributed by atoms with van der Waals surface area (Å²) < 4.78 is 26.0. The summed E-state index contributed by atoms with van der Waals surface area (Å²) in [6, 6.07) is 15.6. The molecule has 0 aliphatic rings. The molecule has 0 aliphatic heterocycles. The number of nitrogens with one attached hydrogen (secondary N) is 1. The first-order chi connectivity index (χ1) is 13.4. The van der Waals surface area contributed by atoms with E-state index in [2.05, 4.69) is 31.3 Å². The second-order valence-corrected chi connectivity index (χ2v) is 10.3. The van der Waals surface area contributed by atoms with Crippen molar-refractivity contribution >= 4 is 21.6 Å². The van der Waals surface area contributed by atoms with Gasteiger partial charge in [0.2, 0.25) is 15.9 Å². The van der Waals surface area contributed by atoms with E-state index in [0.29, 0.717) is 5.69 Å². The van der Waals surface area contributed by atoms with Gasteiger partial charge in [0.05, 0.1) is 11.9 Å². The number of hydrogen-bond donors (Lipinski definition) is 1. The lowest BCUT2D eigenvalue weighted by Gasteiger charge is -2.30. The molecule has 0 bridgehead atoms. The van der Waals surface area contributed by atoms with E-state index in [1.807, 2.05) is 57.2 Å². The summed E-state index contributed by atoms with van der Waals surface area (Å²) in [4.78, 5) is 12.7. The van der Waals surface area contributed by atoms with E-state index >= 15 is 0 Å². The third kappa shape index (κ3) is 6.07. The van der Waals surface area contributed by atoms with Crippen molar-refractivity contribution in [2.45, 2.75) is 52.5 Å². The van der Waals surface area contributed by atoms with Crippen LogP contribution in [0.25, 0.3) is 0 Å². The van der Waals surface area contributed by atoms with E-state index < -0.39 is 10.0 Å². The SMILES string of the molecule is Cc1cccc(C)c1N(CC(=O)NC(C)CC(C)(C)c1ccccc1)S(C)(=O)=O. The Balaban J connectivity index is 2.13. The van der Waals surface area contributed by atoms with E-state index in [4.69, 9.17) is 0 Å². The van der Waals surface area contributed by atoms with Crippen LogP contribution >= 0.6 is 0 Å². The van der Waals surface area contributed by atoms with E-state index in [9.17, 15) is 13.2 Å². The number of carbonyl (C=O) groups is 1. The fourth-order valence-corrected chi connectivity index (χ4v) is 4.81. The zero-order valence-electron chi connectivity index (χ0n) is 18.2. The fourth-order valence-electron chi connectivity index (χ4n) is 3.84. The van der Waals surface area contributed by atoms with Crippen LogP contribution in [0.4, 0.5) is 5.69 Å². The molecule has 0 aromatic heterocycles. The molecule has 0 saturated heterocycles. The summed E-state index contributed by atoms with van der Waals surface area (Å²) in [6.07, 6.45) is 1.87. The van der Waals surface area contributed by atoms with Crippen molar-refractivity contribution in [3.63, 3.8) is 0 Å². The highest BCUT2D eigenvalue weighted by atomic mass is 32.2. The Morgan fingerprint density at radius 2 is 1.59 bits per heavy atom. The van der Waals surface area contributed by atoms with Crippen molar-refractivity contribution in [3.8, 4) is 0 Å². The molecule has 6 heteroatoms. The fraction of sp³-hybridized carbons (Fsp3) is 0.435. The first kappa shape index (κ1) is 22.9. The Morgan fingerprint density at radius 1 is 1.03 bits per heavy atom. The normalized spacial score (nSPS) is 13.0. The van der Waals surface area contributed by atoms with Crippen molar-refractivity contribution in [2.75, 3.05) is 17.1 Å². The number of hydrogen-bond acceptors (Lipinski definition) is 3.